The van der Waals surface area contributed by atoms with Gasteiger partial charge in [-0.05, 0) is 104 Å². The average Bonchev–Trinajstić information content (AvgIpc) is 3.78. The van der Waals surface area contributed by atoms with Crippen molar-refractivity contribution < 1.29 is 9.18 Å². The molecule has 198 valence electrons. The van der Waals surface area contributed by atoms with Crippen molar-refractivity contribution in [3.8, 4) is 0 Å². The molecular formula is C33H33FN4O. The third-order valence-electron chi connectivity index (χ3n) is 6.67. The number of anilines is 1. The standard InChI is InChI=1S/C33H33FN4O/c1-5-24(6-2)9-7-8-22(3)28(32-23(4)20-35-21-37-32)14-10-25-11-15-29(30(34)18-25)33(39)38-31-19-27(16-17-36-31)26-12-13-26/h5-9,11,14-21,26H,1,10,12-13H2,2-4H3,(H,36,38,39)/b9-7-,22-8+,24-6-,28-14-. The molecule has 0 radical (unpaired) electrons. The van der Waals surface area contributed by atoms with Gasteiger partial charge in [0.25, 0.3) is 5.91 Å². The summed E-state index contributed by atoms with van der Waals surface area (Å²) >= 11 is 0. The number of nitrogens with zero attached hydrogens (tertiary/aromatic N) is 3. The van der Waals surface area contributed by atoms with Crippen LogP contribution in [0.1, 0.15) is 65.3 Å². The van der Waals surface area contributed by atoms with Crippen molar-refractivity contribution in [3.05, 3.63) is 137 Å². The Bertz CT molecular complexity index is 1500. The van der Waals surface area contributed by atoms with Gasteiger partial charge < -0.3 is 5.32 Å². The lowest BCUT2D eigenvalue weighted by Gasteiger charge is -2.11. The fourth-order valence-corrected chi connectivity index (χ4v) is 4.26. The second-order valence-electron chi connectivity index (χ2n) is 9.59. The van der Waals surface area contributed by atoms with E-state index in [2.05, 4.69) is 26.8 Å². The molecule has 1 fully saturated rings. The maximum atomic E-state index is 15.0. The zero-order valence-electron chi connectivity index (χ0n) is 22.6. The number of pyridine rings is 1. The summed E-state index contributed by atoms with van der Waals surface area (Å²) in [6.45, 7) is 9.76. The Morgan fingerprint density at radius 3 is 2.72 bits per heavy atom. The van der Waals surface area contributed by atoms with Gasteiger partial charge in [-0.2, -0.15) is 0 Å². The number of hydrogen-bond acceptors (Lipinski definition) is 4. The van der Waals surface area contributed by atoms with Crippen molar-refractivity contribution in [3.63, 3.8) is 0 Å². The molecule has 1 amide bonds. The number of amides is 1. The highest BCUT2D eigenvalue weighted by atomic mass is 19.1. The van der Waals surface area contributed by atoms with E-state index in [4.69, 9.17) is 0 Å². The van der Waals surface area contributed by atoms with Crippen LogP contribution in [-0.2, 0) is 6.42 Å². The molecule has 0 atom stereocenters. The Balaban J connectivity index is 1.54. The number of benzene rings is 1. The molecule has 0 unspecified atom stereocenters. The molecule has 2 heterocycles. The molecule has 0 spiro atoms. The molecule has 0 saturated heterocycles. The van der Waals surface area contributed by atoms with Gasteiger partial charge in [0.05, 0.1) is 11.3 Å². The Morgan fingerprint density at radius 1 is 1.21 bits per heavy atom. The van der Waals surface area contributed by atoms with E-state index in [1.54, 1.807) is 24.5 Å². The highest BCUT2D eigenvalue weighted by Crippen LogP contribution is 2.40. The van der Waals surface area contributed by atoms with Gasteiger partial charge in [-0.15, -0.1) is 0 Å². The number of aromatic nitrogens is 3. The van der Waals surface area contributed by atoms with Crippen molar-refractivity contribution in [1.29, 1.82) is 0 Å². The van der Waals surface area contributed by atoms with Crippen LogP contribution >= 0.6 is 0 Å². The van der Waals surface area contributed by atoms with E-state index < -0.39 is 11.7 Å². The summed E-state index contributed by atoms with van der Waals surface area (Å²) in [5.74, 6) is -0.115. The number of nitrogens with one attached hydrogen (secondary N) is 1. The summed E-state index contributed by atoms with van der Waals surface area (Å²) < 4.78 is 15.0. The summed E-state index contributed by atoms with van der Waals surface area (Å²) in [4.78, 5) is 25.6. The molecule has 1 saturated carbocycles. The number of rotatable bonds is 10. The zero-order chi connectivity index (χ0) is 27.8. The number of halogens is 1. The molecule has 2 aromatic heterocycles. The van der Waals surface area contributed by atoms with Crippen LogP contribution < -0.4 is 5.32 Å². The SMILES string of the molecule is C=CC(/C=C\C=C(C)\C(=C\Cc1ccc(C(=O)Nc2cc(C3CC3)ccn2)c(F)c1)c1ncncc1C)=C/C. The smallest absolute Gasteiger partial charge is 0.259 e. The van der Waals surface area contributed by atoms with Gasteiger partial charge in [-0.25, -0.2) is 19.3 Å². The van der Waals surface area contributed by atoms with Crippen LogP contribution in [0.4, 0.5) is 10.2 Å². The van der Waals surface area contributed by atoms with E-state index in [1.165, 1.54) is 18.5 Å². The van der Waals surface area contributed by atoms with Crippen LogP contribution in [0.25, 0.3) is 5.57 Å². The zero-order valence-corrected chi connectivity index (χ0v) is 22.6. The fraction of sp³-hybridized carbons (Fsp3) is 0.212. The molecule has 1 aliphatic carbocycles. The molecular weight excluding hydrogens is 487 g/mol. The quantitative estimate of drug-likeness (QED) is 0.278. The van der Waals surface area contributed by atoms with Crippen molar-refractivity contribution in [2.24, 2.45) is 0 Å². The third kappa shape index (κ3) is 7.32. The molecule has 1 aliphatic rings. The summed E-state index contributed by atoms with van der Waals surface area (Å²) in [6.07, 6.45) is 19.5. The predicted molar refractivity (Wildman–Crippen MR) is 156 cm³/mol. The van der Waals surface area contributed by atoms with Crippen LogP contribution in [-0.4, -0.2) is 20.9 Å². The first-order valence-electron chi connectivity index (χ1n) is 13.1. The van der Waals surface area contributed by atoms with Crippen LogP contribution in [0.15, 0.2) is 103 Å². The number of aryl methyl sites for hydroxylation is 1. The second-order valence-corrected chi connectivity index (χ2v) is 9.59. The lowest BCUT2D eigenvalue weighted by atomic mass is 9.97. The van der Waals surface area contributed by atoms with Crippen LogP contribution in [0.5, 0.6) is 0 Å². The van der Waals surface area contributed by atoms with Gasteiger partial charge in [-0.1, -0.05) is 49.1 Å². The average molecular weight is 521 g/mol. The molecule has 5 nitrogen and oxygen atoms in total. The Morgan fingerprint density at radius 2 is 2.03 bits per heavy atom. The van der Waals surface area contributed by atoms with Gasteiger partial charge in [0.2, 0.25) is 0 Å². The molecule has 1 N–H and O–H groups in total. The first-order chi connectivity index (χ1) is 18.9. The number of carbonyl (C=O) groups excluding carboxylic acids is 1. The lowest BCUT2D eigenvalue weighted by Crippen LogP contribution is -2.15. The van der Waals surface area contributed by atoms with E-state index >= 15 is 4.39 Å². The minimum absolute atomic E-state index is 0.0172. The first kappa shape index (κ1) is 27.6. The van der Waals surface area contributed by atoms with E-state index in [1.807, 2.05) is 63.3 Å². The van der Waals surface area contributed by atoms with Crippen molar-refractivity contribution in [1.82, 2.24) is 15.0 Å². The normalized spacial score (nSPS) is 14.5. The van der Waals surface area contributed by atoms with Crippen LogP contribution in [0.2, 0.25) is 0 Å². The Labute approximate surface area is 229 Å². The molecule has 1 aromatic carbocycles. The maximum absolute atomic E-state index is 15.0. The first-order valence-corrected chi connectivity index (χ1v) is 13.1. The van der Waals surface area contributed by atoms with E-state index in [0.29, 0.717) is 18.2 Å². The van der Waals surface area contributed by atoms with Crippen molar-refractivity contribution in [2.45, 2.75) is 46.0 Å². The fourth-order valence-electron chi connectivity index (χ4n) is 4.26. The molecule has 0 aliphatic heterocycles. The molecule has 6 heteroatoms. The van der Waals surface area contributed by atoms with Crippen molar-refractivity contribution >= 4 is 17.3 Å². The third-order valence-corrected chi connectivity index (χ3v) is 6.67. The van der Waals surface area contributed by atoms with Crippen LogP contribution in [0.3, 0.4) is 0 Å². The minimum Gasteiger partial charge on any atom is -0.306 e. The number of allylic oxidation sites excluding steroid dienone is 9. The highest BCUT2D eigenvalue weighted by molar-refractivity contribution is 6.04. The monoisotopic (exact) mass is 520 g/mol. The topological polar surface area (TPSA) is 67.8 Å². The van der Waals surface area contributed by atoms with E-state index in [0.717, 1.165) is 51.9 Å². The van der Waals surface area contributed by atoms with Gasteiger partial charge >= 0.3 is 0 Å². The summed E-state index contributed by atoms with van der Waals surface area (Å²) in [5.41, 5.74) is 6.60. The minimum atomic E-state index is -0.574. The summed E-state index contributed by atoms with van der Waals surface area (Å²) in [6, 6.07) is 8.53. The summed E-state index contributed by atoms with van der Waals surface area (Å²) in [5, 5.41) is 2.73. The Hall–Kier alpha value is -4.45. The van der Waals surface area contributed by atoms with Crippen molar-refractivity contribution in [2.75, 3.05) is 5.32 Å². The number of hydrogen-bond donors (Lipinski definition) is 1. The Kier molecular flexibility index (Phi) is 9.10. The maximum Gasteiger partial charge on any atom is 0.259 e. The van der Waals surface area contributed by atoms with E-state index in [9.17, 15) is 4.79 Å². The van der Waals surface area contributed by atoms with Gasteiger partial charge in [0.1, 0.15) is 18.0 Å². The van der Waals surface area contributed by atoms with E-state index in [-0.39, 0.29) is 5.56 Å². The lowest BCUT2D eigenvalue weighted by molar-refractivity contribution is 0.102. The second kappa shape index (κ2) is 12.9. The molecule has 4 rings (SSSR count). The van der Waals surface area contributed by atoms with Gasteiger partial charge in [-0.3, -0.25) is 4.79 Å². The van der Waals surface area contributed by atoms with Gasteiger partial charge in [0, 0.05) is 12.4 Å². The molecule has 0 bridgehead atoms. The van der Waals surface area contributed by atoms with Crippen LogP contribution in [0, 0.1) is 12.7 Å². The van der Waals surface area contributed by atoms with Gasteiger partial charge in [0.15, 0.2) is 0 Å². The summed E-state index contributed by atoms with van der Waals surface area (Å²) in [7, 11) is 0. The number of carbonyl (C=O) groups is 1. The largest absolute Gasteiger partial charge is 0.306 e. The highest BCUT2D eigenvalue weighted by Gasteiger charge is 2.24. The predicted octanol–water partition coefficient (Wildman–Crippen LogP) is 7.71. The molecule has 39 heavy (non-hydrogen) atoms. The molecule has 3 aromatic rings.